The summed E-state index contributed by atoms with van der Waals surface area (Å²) in [5.74, 6) is -1.52. The van der Waals surface area contributed by atoms with Crippen LogP contribution in [0.5, 0.6) is 0 Å². The van der Waals surface area contributed by atoms with Crippen LogP contribution in [-0.4, -0.2) is 12.6 Å². The van der Waals surface area contributed by atoms with E-state index in [0.717, 1.165) is 6.07 Å². The number of rotatable bonds is 2. The zero-order valence-corrected chi connectivity index (χ0v) is 7.71. The van der Waals surface area contributed by atoms with Crippen molar-refractivity contribution in [2.45, 2.75) is 6.92 Å². The van der Waals surface area contributed by atoms with Crippen molar-refractivity contribution < 1.29 is 13.9 Å². The number of benzene rings is 1. The first kappa shape index (κ1) is 10.3. The largest absolute Gasteiger partial charge is 0.462 e. The molecule has 0 aliphatic carbocycles. The van der Waals surface area contributed by atoms with Crippen molar-refractivity contribution in [2.75, 3.05) is 18.1 Å². The number of carbonyl (C=O) groups is 1. The van der Waals surface area contributed by atoms with E-state index in [1.54, 1.807) is 6.92 Å². The summed E-state index contributed by atoms with van der Waals surface area (Å²) >= 11 is 0. The fourth-order valence-corrected chi connectivity index (χ4v) is 1.02. The highest BCUT2D eigenvalue weighted by Crippen LogP contribution is 2.23. The monoisotopic (exact) mass is 198 g/mol. The van der Waals surface area contributed by atoms with Gasteiger partial charge in [-0.2, -0.15) is 0 Å². The molecular formula is C9H11FN2O2. The lowest BCUT2D eigenvalue weighted by molar-refractivity contribution is 0.0522. The first-order valence-electron chi connectivity index (χ1n) is 4.08. The number of nitrogen functional groups attached to an aromatic ring is 2. The Labute approximate surface area is 80.6 Å². The maximum Gasteiger partial charge on any atom is 0.343 e. The average Bonchev–Trinajstić information content (AvgIpc) is 2.13. The van der Waals surface area contributed by atoms with E-state index in [1.165, 1.54) is 6.07 Å². The highest BCUT2D eigenvalue weighted by molar-refractivity contribution is 5.98. The van der Waals surface area contributed by atoms with Crippen molar-refractivity contribution in [1.82, 2.24) is 0 Å². The highest BCUT2D eigenvalue weighted by atomic mass is 19.1. The standard InChI is InChI=1S/C9H11FN2O2/c1-2-14-9(13)7-5(10)3-4-6(11)8(7)12/h3-4H,2,11-12H2,1H3. The second-order valence-electron chi connectivity index (χ2n) is 2.65. The summed E-state index contributed by atoms with van der Waals surface area (Å²) in [6.45, 7) is 1.78. The zero-order chi connectivity index (χ0) is 10.7. The molecule has 14 heavy (non-hydrogen) atoms. The molecule has 0 bridgehead atoms. The first-order valence-corrected chi connectivity index (χ1v) is 4.08. The van der Waals surface area contributed by atoms with Gasteiger partial charge in [-0.15, -0.1) is 0 Å². The molecule has 0 fully saturated rings. The molecule has 0 heterocycles. The molecule has 1 aromatic carbocycles. The predicted molar refractivity (Wildman–Crippen MR) is 51.2 cm³/mol. The van der Waals surface area contributed by atoms with E-state index in [0.29, 0.717) is 0 Å². The molecular weight excluding hydrogens is 187 g/mol. The van der Waals surface area contributed by atoms with E-state index in [-0.39, 0.29) is 23.5 Å². The smallest absolute Gasteiger partial charge is 0.343 e. The quantitative estimate of drug-likeness (QED) is 0.552. The van der Waals surface area contributed by atoms with Gasteiger partial charge in [0, 0.05) is 0 Å². The molecule has 5 heteroatoms. The van der Waals surface area contributed by atoms with Crippen molar-refractivity contribution in [3.63, 3.8) is 0 Å². The molecule has 0 atom stereocenters. The molecule has 0 aliphatic heterocycles. The van der Waals surface area contributed by atoms with Crippen LogP contribution in [0.25, 0.3) is 0 Å². The number of esters is 1. The van der Waals surface area contributed by atoms with Gasteiger partial charge in [-0.25, -0.2) is 9.18 Å². The normalized spacial score (nSPS) is 9.86. The summed E-state index contributed by atoms with van der Waals surface area (Å²) < 4.78 is 17.8. The van der Waals surface area contributed by atoms with Gasteiger partial charge in [-0.1, -0.05) is 0 Å². The number of hydrogen-bond acceptors (Lipinski definition) is 4. The van der Waals surface area contributed by atoms with Gasteiger partial charge < -0.3 is 16.2 Å². The number of halogens is 1. The number of carbonyl (C=O) groups excluding carboxylic acids is 1. The molecule has 1 aromatic rings. The molecule has 0 aliphatic rings. The van der Waals surface area contributed by atoms with Gasteiger partial charge in [0.2, 0.25) is 0 Å². The second kappa shape index (κ2) is 3.95. The Morgan fingerprint density at radius 1 is 1.50 bits per heavy atom. The maximum absolute atomic E-state index is 13.2. The molecule has 0 saturated heterocycles. The Kier molecular flexibility index (Phi) is 2.91. The highest BCUT2D eigenvalue weighted by Gasteiger charge is 2.18. The molecule has 4 N–H and O–H groups in total. The van der Waals surface area contributed by atoms with E-state index in [4.69, 9.17) is 11.5 Å². The Balaban J connectivity index is 3.18. The van der Waals surface area contributed by atoms with Crippen molar-refractivity contribution >= 4 is 17.3 Å². The van der Waals surface area contributed by atoms with Gasteiger partial charge in [0.1, 0.15) is 11.4 Å². The van der Waals surface area contributed by atoms with E-state index in [2.05, 4.69) is 4.74 Å². The van der Waals surface area contributed by atoms with Crippen LogP contribution in [0.2, 0.25) is 0 Å². The lowest BCUT2D eigenvalue weighted by Gasteiger charge is -2.08. The molecule has 4 nitrogen and oxygen atoms in total. The number of nitrogens with two attached hydrogens (primary N) is 2. The van der Waals surface area contributed by atoms with Crippen LogP contribution in [-0.2, 0) is 4.74 Å². The topological polar surface area (TPSA) is 78.3 Å². The first-order chi connectivity index (χ1) is 6.57. The van der Waals surface area contributed by atoms with Gasteiger partial charge in [-0.3, -0.25) is 0 Å². The van der Waals surface area contributed by atoms with Gasteiger partial charge in [0.25, 0.3) is 0 Å². The average molecular weight is 198 g/mol. The molecule has 1 rings (SSSR count). The van der Waals surface area contributed by atoms with Gasteiger partial charge in [-0.05, 0) is 19.1 Å². The number of anilines is 2. The Hall–Kier alpha value is -1.78. The van der Waals surface area contributed by atoms with Crippen LogP contribution in [0.3, 0.4) is 0 Å². The Morgan fingerprint density at radius 3 is 2.71 bits per heavy atom. The lowest BCUT2D eigenvalue weighted by Crippen LogP contribution is -2.12. The number of ether oxygens (including phenoxy) is 1. The van der Waals surface area contributed by atoms with Gasteiger partial charge in [0.15, 0.2) is 0 Å². The SMILES string of the molecule is CCOC(=O)c1c(F)ccc(N)c1N. The van der Waals surface area contributed by atoms with E-state index < -0.39 is 11.8 Å². The zero-order valence-electron chi connectivity index (χ0n) is 7.71. The Bertz CT molecular complexity index is 366. The summed E-state index contributed by atoms with van der Waals surface area (Å²) in [5, 5.41) is 0. The predicted octanol–water partition coefficient (Wildman–Crippen LogP) is 1.17. The van der Waals surface area contributed by atoms with E-state index in [9.17, 15) is 9.18 Å². The molecule has 0 unspecified atom stereocenters. The van der Waals surface area contributed by atoms with Crippen LogP contribution in [0.1, 0.15) is 17.3 Å². The van der Waals surface area contributed by atoms with E-state index in [1.807, 2.05) is 0 Å². The summed E-state index contributed by atoms with van der Waals surface area (Å²) in [5.41, 5.74) is 10.7. The summed E-state index contributed by atoms with van der Waals surface area (Å²) in [4.78, 5) is 11.2. The summed E-state index contributed by atoms with van der Waals surface area (Å²) in [7, 11) is 0. The minimum absolute atomic E-state index is 0.0801. The summed E-state index contributed by atoms with van der Waals surface area (Å²) in [6, 6.07) is 2.38. The van der Waals surface area contributed by atoms with Crippen molar-refractivity contribution in [3.05, 3.63) is 23.5 Å². The Morgan fingerprint density at radius 2 is 2.14 bits per heavy atom. The van der Waals surface area contributed by atoms with Crippen molar-refractivity contribution in [3.8, 4) is 0 Å². The fourth-order valence-electron chi connectivity index (χ4n) is 1.02. The minimum Gasteiger partial charge on any atom is -0.462 e. The molecule has 0 amide bonds. The van der Waals surface area contributed by atoms with Crippen LogP contribution in [0.15, 0.2) is 12.1 Å². The van der Waals surface area contributed by atoms with Gasteiger partial charge in [0.05, 0.1) is 18.0 Å². The fraction of sp³-hybridized carbons (Fsp3) is 0.222. The molecule has 0 saturated carbocycles. The molecule has 0 spiro atoms. The third-order valence-corrected chi connectivity index (χ3v) is 1.71. The van der Waals surface area contributed by atoms with Crippen molar-refractivity contribution in [2.24, 2.45) is 0 Å². The third-order valence-electron chi connectivity index (χ3n) is 1.71. The molecule has 0 radical (unpaired) electrons. The van der Waals surface area contributed by atoms with Crippen molar-refractivity contribution in [1.29, 1.82) is 0 Å². The third kappa shape index (κ3) is 1.76. The van der Waals surface area contributed by atoms with E-state index >= 15 is 0 Å². The maximum atomic E-state index is 13.2. The molecule has 0 aromatic heterocycles. The van der Waals surface area contributed by atoms with Crippen LogP contribution in [0, 0.1) is 5.82 Å². The van der Waals surface area contributed by atoms with Gasteiger partial charge >= 0.3 is 5.97 Å². The number of hydrogen-bond donors (Lipinski definition) is 2. The lowest BCUT2D eigenvalue weighted by atomic mass is 10.1. The second-order valence-corrected chi connectivity index (χ2v) is 2.65. The van der Waals surface area contributed by atoms with Crippen LogP contribution in [0.4, 0.5) is 15.8 Å². The van der Waals surface area contributed by atoms with Crippen LogP contribution < -0.4 is 11.5 Å². The van der Waals surface area contributed by atoms with Crippen LogP contribution >= 0.6 is 0 Å². The summed E-state index contributed by atoms with van der Waals surface area (Å²) in [6.07, 6.45) is 0. The molecule has 76 valence electrons. The minimum atomic E-state index is -0.796.